The number of rotatable bonds is 4. The number of sulfonamides is 1. The molecular weight excluding hydrogens is 274 g/mol. The lowest BCUT2D eigenvalue weighted by atomic mass is 9.92. The Morgan fingerprint density at radius 2 is 2.10 bits per heavy atom. The van der Waals surface area contributed by atoms with Gasteiger partial charge in [-0.15, -0.1) is 0 Å². The van der Waals surface area contributed by atoms with Crippen molar-refractivity contribution in [2.45, 2.75) is 57.1 Å². The highest BCUT2D eigenvalue weighted by Gasteiger charge is 2.33. The van der Waals surface area contributed by atoms with Crippen LogP contribution in [0.2, 0.25) is 0 Å². The molecule has 20 heavy (non-hydrogen) atoms. The van der Waals surface area contributed by atoms with Gasteiger partial charge in [0.05, 0.1) is 11.0 Å². The summed E-state index contributed by atoms with van der Waals surface area (Å²) in [5.41, 5.74) is 0.814. The van der Waals surface area contributed by atoms with Crippen LogP contribution < -0.4 is 4.72 Å². The first kappa shape index (κ1) is 15.5. The van der Waals surface area contributed by atoms with Crippen LogP contribution in [0.15, 0.2) is 29.2 Å². The van der Waals surface area contributed by atoms with Gasteiger partial charge in [-0.3, -0.25) is 0 Å². The molecule has 4 nitrogen and oxygen atoms in total. The molecule has 1 aromatic rings. The van der Waals surface area contributed by atoms with Crippen LogP contribution in [0.25, 0.3) is 0 Å². The summed E-state index contributed by atoms with van der Waals surface area (Å²) in [6.45, 7) is 5.95. The van der Waals surface area contributed by atoms with Crippen molar-refractivity contribution >= 4 is 10.0 Å². The molecule has 2 rings (SSSR count). The molecule has 0 amide bonds. The van der Waals surface area contributed by atoms with Crippen LogP contribution >= 0.6 is 0 Å². The summed E-state index contributed by atoms with van der Waals surface area (Å²) in [6, 6.07) is 6.49. The molecule has 0 bridgehead atoms. The van der Waals surface area contributed by atoms with E-state index in [1.807, 2.05) is 0 Å². The zero-order chi connectivity index (χ0) is 15.0. The van der Waals surface area contributed by atoms with Crippen LogP contribution in [0, 0.1) is 5.41 Å². The molecule has 0 aliphatic heterocycles. The van der Waals surface area contributed by atoms with Gasteiger partial charge in [-0.2, -0.15) is 0 Å². The second-order valence-corrected chi connectivity index (χ2v) is 8.19. The molecule has 2 unspecified atom stereocenters. The topological polar surface area (TPSA) is 66.4 Å². The van der Waals surface area contributed by atoms with Gasteiger partial charge in [0.25, 0.3) is 0 Å². The predicted molar refractivity (Wildman–Crippen MR) is 78.8 cm³/mol. The molecule has 1 aromatic carbocycles. The normalized spacial score (nSPS) is 23.7. The van der Waals surface area contributed by atoms with E-state index < -0.39 is 16.1 Å². The summed E-state index contributed by atoms with van der Waals surface area (Å²) in [6.07, 6.45) is 2.11. The zero-order valence-corrected chi connectivity index (χ0v) is 13.1. The Morgan fingerprint density at radius 3 is 2.65 bits per heavy atom. The largest absolute Gasteiger partial charge is 0.389 e. The maximum absolute atomic E-state index is 12.4. The number of aliphatic hydroxyl groups excluding tert-OH is 1. The predicted octanol–water partition coefficient (Wildman–Crippen LogP) is 2.60. The van der Waals surface area contributed by atoms with Gasteiger partial charge in [0, 0.05) is 6.04 Å². The van der Waals surface area contributed by atoms with E-state index >= 15 is 0 Å². The van der Waals surface area contributed by atoms with Crippen LogP contribution in [-0.2, 0) is 10.0 Å². The van der Waals surface area contributed by atoms with Gasteiger partial charge in [-0.05, 0) is 49.3 Å². The third-order valence-electron chi connectivity index (χ3n) is 3.94. The van der Waals surface area contributed by atoms with Gasteiger partial charge in [0.1, 0.15) is 0 Å². The van der Waals surface area contributed by atoms with E-state index in [1.54, 1.807) is 25.1 Å². The average molecular weight is 297 g/mol. The van der Waals surface area contributed by atoms with Crippen LogP contribution in [0.3, 0.4) is 0 Å². The second kappa shape index (κ2) is 5.47. The molecule has 2 atom stereocenters. The Morgan fingerprint density at radius 1 is 1.40 bits per heavy atom. The minimum absolute atomic E-state index is 0.00482. The van der Waals surface area contributed by atoms with Crippen molar-refractivity contribution in [3.8, 4) is 0 Å². The molecule has 1 aliphatic carbocycles. The first-order valence-electron chi connectivity index (χ1n) is 7.00. The Hall–Kier alpha value is -0.910. The van der Waals surface area contributed by atoms with E-state index in [9.17, 15) is 13.5 Å². The highest BCUT2D eigenvalue weighted by Crippen LogP contribution is 2.37. The SMILES string of the molecule is CC(O)c1cccc(S(=O)(=O)NC2CCC(C)(C)C2)c1. The maximum atomic E-state index is 12.4. The van der Waals surface area contributed by atoms with E-state index in [4.69, 9.17) is 0 Å². The van der Waals surface area contributed by atoms with E-state index in [0.29, 0.717) is 5.56 Å². The third kappa shape index (κ3) is 3.59. The minimum Gasteiger partial charge on any atom is -0.389 e. The van der Waals surface area contributed by atoms with Gasteiger partial charge >= 0.3 is 0 Å². The van der Waals surface area contributed by atoms with Gasteiger partial charge in [0.2, 0.25) is 10.0 Å². The number of nitrogens with one attached hydrogen (secondary N) is 1. The van der Waals surface area contributed by atoms with Gasteiger partial charge in [-0.1, -0.05) is 26.0 Å². The van der Waals surface area contributed by atoms with Crippen molar-refractivity contribution in [3.05, 3.63) is 29.8 Å². The van der Waals surface area contributed by atoms with E-state index in [2.05, 4.69) is 18.6 Å². The quantitative estimate of drug-likeness (QED) is 0.897. The summed E-state index contributed by atoms with van der Waals surface area (Å²) in [5.74, 6) is 0. The van der Waals surface area contributed by atoms with Gasteiger partial charge < -0.3 is 5.11 Å². The van der Waals surface area contributed by atoms with E-state index in [1.165, 1.54) is 6.07 Å². The van der Waals surface area contributed by atoms with Crippen molar-refractivity contribution in [2.24, 2.45) is 5.41 Å². The highest BCUT2D eigenvalue weighted by atomic mass is 32.2. The molecule has 1 aliphatic rings. The molecule has 1 saturated carbocycles. The van der Waals surface area contributed by atoms with Crippen molar-refractivity contribution in [1.82, 2.24) is 4.72 Å². The van der Waals surface area contributed by atoms with Crippen LogP contribution in [0.1, 0.15) is 51.7 Å². The Balaban J connectivity index is 2.17. The lowest BCUT2D eigenvalue weighted by Gasteiger charge is -2.18. The molecule has 0 saturated heterocycles. The van der Waals surface area contributed by atoms with Crippen molar-refractivity contribution < 1.29 is 13.5 Å². The van der Waals surface area contributed by atoms with Crippen LogP contribution in [0.4, 0.5) is 0 Å². The number of hydrogen-bond acceptors (Lipinski definition) is 3. The Labute approximate surface area is 121 Å². The molecule has 5 heteroatoms. The summed E-state index contributed by atoms with van der Waals surface area (Å²) in [4.78, 5) is 0.223. The molecule has 2 N–H and O–H groups in total. The molecular formula is C15H23NO3S. The monoisotopic (exact) mass is 297 g/mol. The number of benzene rings is 1. The first-order valence-corrected chi connectivity index (χ1v) is 8.48. The summed E-state index contributed by atoms with van der Waals surface area (Å²) >= 11 is 0. The third-order valence-corrected chi connectivity index (χ3v) is 5.46. The lowest BCUT2D eigenvalue weighted by molar-refractivity contribution is 0.199. The molecule has 112 valence electrons. The second-order valence-electron chi connectivity index (χ2n) is 6.47. The number of aliphatic hydroxyl groups is 1. The molecule has 0 aromatic heterocycles. The highest BCUT2D eigenvalue weighted by molar-refractivity contribution is 7.89. The van der Waals surface area contributed by atoms with Crippen LogP contribution in [0.5, 0.6) is 0 Å². The van der Waals surface area contributed by atoms with Gasteiger partial charge in [-0.25, -0.2) is 13.1 Å². The lowest BCUT2D eigenvalue weighted by Crippen LogP contribution is -2.33. The zero-order valence-electron chi connectivity index (χ0n) is 12.3. The molecule has 0 spiro atoms. The van der Waals surface area contributed by atoms with Crippen molar-refractivity contribution in [3.63, 3.8) is 0 Å². The number of hydrogen-bond donors (Lipinski definition) is 2. The summed E-state index contributed by atoms with van der Waals surface area (Å²) < 4.78 is 27.5. The fourth-order valence-corrected chi connectivity index (χ4v) is 4.09. The Kier molecular flexibility index (Phi) is 4.23. The van der Waals surface area contributed by atoms with Gasteiger partial charge in [0.15, 0.2) is 0 Å². The maximum Gasteiger partial charge on any atom is 0.240 e. The fraction of sp³-hybridized carbons (Fsp3) is 0.600. The minimum atomic E-state index is -3.51. The summed E-state index contributed by atoms with van der Waals surface area (Å²) in [5, 5.41) is 9.55. The average Bonchev–Trinajstić information content (AvgIpc) is 2.68. The van der Waals surface area contributed by atoms with Crippen molar-refractivity contribution in [1.29, 1.82) is 0 Å². The standard InChI is InChI=1S/C15H23NO3S/c1-11(17)12-5-4-6-14(9-12)20(18,19)16-13-7-8-15(2,3)10-13/h4-6,9,11,13,16-17H,7-8,10H2,1-3H3. The molecule has 1 fully saturated rings. The van der Waals surface area contributed by atoms with E-state index in [-0.39, 0.29) is 16.4 Å². The van der Waals surface area contributed by atoms with E-state index in [0.717, 1.165) is 19.3 Å². The first-order chi connectivity index (χ1) is 9.20. The van der Waals surface area contributed by atoms with Crippen molar-refractivity contribution in [2.75, 3.05) is 0 Å². The fourth-order valence-electron chi connectivity index (χ4n) is 2.77. The Bertz CT molecular complexity index is 579. The smallest absolute Gasteiger partial charge is 0.240 e. The molecule has 0 heterocycles. The molecule has 0 radical (unpaired) electrons. The summed E-state index contributed by atoms with van der Waals surface area (Å²) in [7, 11) is -3.51. The van der Waals surface area contributed by atoms with Crippen LogP contribution in [-0.4, -0.2) is 19.6 Å².